The SMILES string of the molecule is Cc1nc(C(N)=O)c2nnn(C)c(=O)n12. The first kappa shape index (κ1) is 9.31. The Kier molecular flexibility index (Phi) is 1.78. The van der Waals surface area contributed by atoms with Crippen LogP contribution in [0.2, 0.25) is 0 Å². The zero-order valence-electron chi connectivity index (χ0n) is 8.13. The maximum absolute atomic E-state index is 11.6. The Balaban J connectivity index is 2.99. The minimum Gasteiger partial charge on any atom is -0.364 e. The molecule has 2 heterocycles. The van der Waals surface area contributed by atoms with Crippen LogP contribution in [0.15, 0.2) is 4.79 Å². The molecule has 0 atom stereocenters. The highest BCUT2D eigenvalue weighted by molar-refractivity contribution is 5.96. The van der Waals surface area contributed by atoms with Crippen molar-refractivity contribution in [2.75, 3.05) is 0 Å². The van der Waals surface area contributed by atoms with Crippen LogP contribution in [0.1, 0.15) is 16.3 Å². The van der Waals surface area contributed by atoms with Crippen molar-refractivity contribution >= 4 is 11.6 Å². The van der Waals surface area contributed by atoms with Gasteiger partial charge < -0.3 is 5.73 Å². The number of rotatable bonds is 1. The molecule has 2 rings (SSSR count). The van der Waals surface area contributed by atoms with E-state index in [4.69, 9.17) is 5.73 Å². The summed E-state index contributed by atoms with van der Waals surface area (Å²) in [4.78, 5) is 26.5. The predicted molar refractivity (Wildman–Crippen MR) is 49.3 cm³/mol. The Bertz CT molecular complexity index is 610. The van der Waals surface area contributed by atoms with Gasteiger partial charge in [-0.05, 0) is 6.92 Å². The molecule has 78 valence electrons. The third-order valence-corrected chi connectivity index (χ3v) is 2.00. The topological polar surface area (TPSA) is 108 Å². The van der Waals surface area contributed by atoms with Crippen LogP contribution in [-0.4, -0.2) is 30.3 Å². The van der Waals surface area contributed by atoms with E-state index in [-0.39, 0.29) is 11.3 Å². The average molecular weight is 208 g/mol. The molecule has 2 N–H and O–H groups in total. The van der Waals surface area contributed by atoms with Crippen molar-refractivity contribution < 1.29 is 4.79 Å². The molecular formula is C7H8N6O2. The van der Waals surface area contributed by atoms with E-state index < -0.39 is 11.6 Å². The third kappa shape index (κ3) is 1.18. The number of aryl methyl sites for hydroxylation is 2. The quantitative estimate of drug-likeness (QED) is 0.596. The smallest absolute Gasteiger partial charge is 0.352 e. The van der Waals surface area contributed by atoms with Crippen molar-refractivity contribution in [2.45, 2.75) is 6.92 Å². The molecule has 0 saturated heterocycles. The Morgan fingerprint density at radius 3 is 2.73 bits per heavy atom. The number of fused-ring (bicyclic) bond motifs is 1. The lowest BCUT2D eigenvalue weighted by Crippen LogP contribution is -2.28. The molecule has 1 amide bonds. The summed E-state index contributed by atoms with van der Waals surface area (Å²) in [7, 11) is 1.46. The van der Waals surface area contributed by atoms with E-state index in [1.165, 1.54) is 11.4 Å². The second kappa shape index (κ2) is 2.87. The molecule has 15 heavy (non-hydrogen) atoms. The maximum Gasteiger partial charge on any atom is 0.352 e. The Hall–Kier alpha value is -2.25. The Morgan fingerprint density at radius 2 is 2.13 bits per heavy atom. The number of aromatic nitrogens is 5. The van der Waals surface area contributed by atoms with Crippen molar-refractivity contribution in [3.63, 3.8) is 0 Å². The number of amides is 1. The minimum absolute atomic E-state index is 0.0438. The van der Waals surface area contributed by atoms with Gasteiger partial charge in [-0.15, -0.1) is 5.10 Å². The van der Waals surface area contributed by atoms with Gasteiger partial charge in [0.05, 0.1) is 0 Å². The van der Waals surface area contributed by atoms with Gasteiger partial charge in [0.2, 0.25) is 0 Å². The summed E-state index contributed by atoms with van der Waals surface area (Å²) in [6.07, 6.45) is 0. The van der Waals surface area contributed by atoms with Gasteiger partial charge in [-0.3, -0.25) is 4.79 Å². The van der Waals surface area contributed by atoms with Crippen molar-refractivity contribution in [2.24, 2.45) is 12.8 Å². The first-order valence-electron chi connectivity index (χ1n) is 4.11. The summed E-state index contributed by atoms with van der Waals surface area (Å²) in [6.45, 7) is 1.59. The van der Waals surface area contributed by atoms with E-state index in [1.807, 2.05) is 0 Å². The van der Waals surface area contributed by atoms with Crippen LogP contribution in [0.3, 0.4) is 0 Å². The summed E-state index contributed by atoms with van der Waals surface area (Å²) in [6, 6.07) is 0. The van der Waals surface area contributed by atoms with Crippen LogP contribution in [0.5, 0.6) is 0 Å². The van der Waals surface area contributed by atoms with Gasteiger partial charge in [-0.1, -0.05) is 5.21 Å². The van der Waals surface area contributed by atoms with Crippen molar-refractivity contribution in [1.29, 1.82) is 0 Å². The van der Waals surface area contributed by atoms with Gasteiger partial charge >= 0.3 is 5.69 Å². The highest BCUT2D eigenvalue weighted by Gasteiger charge is 2.17. The molecule has 8 nitrogen and oxygen atoms in total. The average Bonchev–Trinajstić information content (AvgIpc) is 2.50. The lowest BCUT2D eigenvalue weighted by atomic mass is 10.4. The van der Waals surface area contributed by atoms with E-state index in [9.17, 15) is 9.59 Å². The van der Waals surface area contributed by atoms with Crippen molar-refractivity contribution in [1.82, 2.24) is 24.4 Å². The summed E-state index contributed by atoms with van der Waals surface area (Å²) in [5.41, 5.74) is 4.71. The van der Waals surface area contributed by atoms with Gasteiger partial charge in [0, 0.05) is 7.05 Å². The lowest BCUT2D eigenvalue weighted by molar-refractivity contribution is 0.0997. The van der Waals surface area contributed by atoms with Gasteiger partial charge in [0.15, 0.2) is 11.3 Å². The molecule has 0 aliphatic carbocycles. The molecule has 0 fully saturated rings. The molecule has 8 heteroatoms. The van der Waals surface area contributed by atoms with Crippen LogP contribution in [0.4, 0.5) is 0 Å². The molecule has 0 unspecified atom stereocenters. The largest absolute Gasteiger partial charge is 0.364 e. The maximum atomic E-state index is 11.6. The molecule has 0 spiro atoms. The van der Waals surface area contributed by atoms with Gasteiger partial charge in [-0.2, -0.15) is 4.68 Å². The first-order chi connectivity index (χ1) is 7.02. The normalized spacial score (nSPS) is 10.8. The highest BCUT2D eigenvalue weighted by atomic mass is 16.2. The molecule has 0 saturated carbocycles. The molecule has 0 bridgehead atoms. The summed E-state index contributed by atoms with van der Waals surface area (Å²) in [5.74, 6) is -0.377. The molecule has 0 radical (unpaired) electrons. The second-order valence-electron chi connectivity index (χ2n) is 3.03. The fourth-order valence-electron chi connectivity index (χ4n) is 1.30. The van der Waals surface area contributed by atoms with Crippen molar-refractivity contribution in [3.8, 4) is 0 Å². The van der Waals surface area contributed by atoms with E-state index >= 15 is 0 Å². The molecule has 0 aliphatic heterocycles. The number of carbonyl (C=O) groups is 1. The summed E-state index contributed by atoms with van der Waals surface area (Å²) in [5, 5.41) is 7.24. The molecule has 0 aromatic carbocycles. The van der Waals surface area contributed by atoms with Gasteiger partial charge in [-0.25, -0.2) is 14.2 Å². The van der Waals surface area contributed by atoms with Gasteiger partial charge in [0.1, 0.15) is 5.82 Å². The summed E-state index contributed by atoms with van der Waals surface area (Å²) >= 11 is 0. The van der Waals surface area contributed by atoms with Crippen LogP contribution in [0, 0.1) is 6.92 Å². The molecular weight excluding hydrogens is 200 g/mol. The van der Waals surface area contributed by atoms with E-state index in [1.54, 1.807) is 6.92 Å². The van der Waals surface area contributed by atoms with E-state index in [0.717, 1.165) is 4.68 Å². The number of nitrogens with zero attached hydrogens (tertiary/aromatic N) is 5. The zero-order valence-corrected chi connectivity index (χ0v) is 8.13. The zero-order chi connectivity index (χ0) is 11.2. The summed E-state index contributed by atoms with van der Waals surface area (Å²) < 4.78 is 2.24. The standard InChI is InChI=1S/C7H8N6O2/c1-3-9-4(5(8)14)6-10-11-12(2)7(15)13(3)6/h1-2H3,(H2,8,14). The lowest BCUT2D eigenvalue weighted by Gasteiger charge is -1.96. The number of hydrogen-bond donors (Lipinski definition) is 1. The predicted octanol–water partition coefficient (Wildman–Crippen LogP) is -1.77. The van der Waals surface area contributed by atoms with Crippen LogP contribution >= 0.6 is 0 Å². The number of carbonyl (C=O) groups excluding carboxylic acids is 1. The third-order valence-electron chi connectivity index (χ3n) is 2.00. The fraction of sp³-hybridized carbons (Fsp3) is 0.286. The second-order valence-corrected chi connectivity index (χ2v) is 3.03. The molecule has 2 aromatic rings. The van der Waals surface area contributed by atoms with Crippen LogP contribution in [0.25, 0.3) is 5.65 Å². The van der Waals surface area contributed by atoms with Crippen LogP contribution < -0.4 is 11.4 Å². The minimum atomic E-state index is -0.733. The van der Waals surface area contributed by atoms with Crippen LogP contribution in [-0.2, 0) is 7.05 Å². The van der Waals surface area contributed by atoms with Gasteiger partial charge in [0.25, 0.3) is 5.91 Å². The number of imidazole rings is 1. The molecule has 0 aliphatic rings. The number of nitrogens with two attached hydrogens (primary N) is 1. The molecule has 2 aromatic heterocycles. The Labute approximate surface area is 83.3 Å². The van der Waals surface area contributed by atoms with E-state index in [2.05, 4.69) is 15.3 Å². The number of hydrogen-bond acceptors (Lipinski definition) is 5. The fourth-order valence-corrected chi connectivity index (χ4v) is 1.30. The van der Waals surface area contributed by atoms with Crippen molar-refractivity contribution in [3.05, 3.63) is 22.0 Å². The Morgan fingerprint density at radius 1 is 1.47 bits per heavy atom. The highest BCUT2D eigenvalue weighted by Crippen LogP contribution is 2.05. The van der Waals surface area contributed by atoms with E-state index in [0.29, 0.717) is 5.82 Å². The monoisotopic (exact) mass is 208 g/mol. The number of primary amides is 1. The first-order valence-corrected chi connectivity index (χ1v) is 4.11.